The minimum atomic E-state index is -0.765. The van der Waals surface area contributed by atoms with Gasteiger partial charge in [0.05, 0.1) is 0 Å². The number of carbonyl (C=O) groups is 1. The van der Waals surface area contributed by atoms with Crippen LogP contribution in [-0.4, -0.2) is 17.1 Å². The van der Waals surface area contributed by atoms with E-state index in [1.165, 1.54) is 0 Å². The van der Waals surface area contributed by atoms with Gasteiger partial charge in [-0.25, -0.2) is 0 Å². The molecule has 1 rings (SSSR count). The van der Waals surface area contributed by atoms with Crippen molar-refractivity contribution in [1.29, 1.82) is 0 Å². The molecular formula is C18H29NO2. The van der Waals surface area contributed by atoms with Gasteiger partial charge >= 0.3 is 5.97 Å². The van der Waals surface area contributed by atoms with Gasteiger partial charge in [0.15, 0.2) is 0 Å². The van der Waals surface area contributed by atoms with Gasteiger partial charge < -0.3 is 5.11 Å². The highest BCUT2D eigenvalue weighted by molar-refractivity contribution is 5.73. The first kappa shape index (κ1) is 17.7. The molecule has 0 spiro atoms. The van der Waals surface area contributed by atoms with Crippen LogP contribution < -0.4 is 5.32 Å². The second kappa shape index (κ2) is 7.60. The molecule has 0 radical (unpaired) electrons. The number of hydrogen-bond donors (Lipinski definition) is 2. The maximum atomic E-state index is 11.5. The molecule has 0 bridgehead atoms. The Balaban J connectivity index is 2.93. The quantitative estimate of drug-likeness (QED) is 0.789. The highest BCUT2D eigenvalue weighted by Crippen LogP contribution is 2.30. The molecule has 3 heteroatoms. The largest absolute Gasteiger partial charge is 0.480 e. The molecule has 2 unspecified atom stereocenters. The van der Waals surface area contributed by atoms with Crippen molar-refractivity contribution < 1.29 is 9.90 Å². The standard InChI is InChI=1S/C18H29NO2/c1-13(2)11-15(17(20)21)19-16(12-18(3,4)5)14-9-7-6-8-10-14/h6-10,13,15-16,19H,11-12H2,1-5H3,(H,20,21). The highest BCUT2D eigenvalue weighted by Gasteiger charge is 2.26. The number of nitrogens with one attached hydrogen (secondary N) is 1. The van der Waals surface area contributed by atoms with Crippen LogP contribution in [-0.2, 0) is 4.79 Å². The fourth-order valence-electron chi connectivity index (χ4n) is 2.53. The zero-order valence-corrected chi connectivity index (χ0v) is 13.9. The zero-order chi connectivity index (χ0) is 16.0. The summed E-state index contributed by atoms with van der Waals surface area (Å²) in [6.45, 7) is 10.7. The monoisotopic (exact) mass is 291 g/mol. The number of carboxylic acids is 1. The lowest BCUT2D eigenvalue weighted by Gasteiger charge is -2.30. The number of rotatable bonds is 7. The Morgan fingerprint density at radius 3 is 2.19 bits per heavy atom. The van der Waals surface area contributed by atoms with Crippen molar-refractivity contribution in [2.45, 2.75) is 59.5 Å². The summed E-state index contributed by atoms with van der Waals surface area (Å²) in [5, 5.41) is 12.8. The van der Waals surface area contributed by atoms with Crippen LogP contribution in [0.25, 0.3) is 0 Å². The maximum absolute atomic E-state index is 11.5. The summed E-state index contributed by atoms with van der Waals surface area (Å²) in [6.07, 6.45) is 1.54. The van der Waals surface area contributed by atoms with E-state index in [0.717, 1.165) is 12.0 Å². The van der Waals surface area contributed by atoms with Gasteiger partial charge in [-0.3, -0.25) is 10.1 Å². The molecule has 0 aromatic heterocycles. The van der Waals surface area contributed by atoms with E-state index in [4.69, 9.17) is 0 Å². The van der Waals surface area contributed by atoms with E-state index in [9.17, 15) is 9.90 Å². The molecule has 2 N–H and O–H groups in total. The molecule has 1 aromatic rings. The van der Waals surface area contributed by atoms with Crippen molar-refractivity contribution >= 4 is 5.97 Å². The van der Waals surface area contributed by atoms with Gasteiger partial charge in [-0.15, -0.1) is 0 Å². The Morgan fingerprint density at radius 2 is 1.76 bits per heavy atom. The van der Waals surface area contributed by atoms with Gasteiger partial charge in [-0.2, -0.15) is 0 Å². The third-order valence-electron chi connectivity index (χ3n) is 3.43. The molecule has 0 heterocycles. The number of aliphatic carboxylic acids is 1. The zero-order valence-electron chi connectivity index (χ0n) is 13.9. The van der Waals surface area contributed by atoms with Crippen molar-refractivity contribution in [3.8, 4) is 0 Å². The molecule has 0 amide bonds. The minimum absolute atomic E-state index is 0.0612. The second-order valence-corrected chi connectivity index (χ2v) is 7.42. The Kier molecular flexibility index (Phi) is 6.41. The number of benzene rings is 1. The topological polar surface area (TPSA) is 49.3 Å². The van der Waals surface area contributed by atoms with Crippen LogP contribution in [0.2, 0.25) is 0 Å². The van der Waals surface area contributed by atoms with Gasteiger partial charge in [0.1, 0.15) is 6.04 Å². The van der Waals surface area contributed by atoms with Gasteiger partial charge in [0.2, 0.25) is 0 Å². The molecule has 0 saturated heterocycles. The smallest absolute Gasteiger partial charge is 0.320 e. The average molecular weight is 291 g/mol. The summed E-state index contributed by atoms with van der Waals surface area (Å²) in [5.41, 5.74) is 1.29. The Bertz CT molecular complexity index is 434. The van der Waals surface area contributed by atoms with Crippen LogP contribution >= 0.6 is 0 Å². The summed E-state index contributed by atoms with van der Waals surface area (Å²) in [5.74, 6) is -0.414. The van der Waals surface area contributed by atoms with Crippen LogP contribution in [0.4, 0.5) is 0 Å². The molecule has 118 valence electrons. The highest BCUT2D eigenvalue weighted by atomic mass is 16.4. The second-order valence-electron chi connectivity index (χ2n) is 7.42. The minimum Gasteiger partial charge on any atom is -0.480 e. The van der Waals surface area contributed by atoms with Crippen LogP contribution in [0.5, 0.6) is 0 Å². The molecule has 21 heavy (non-hydrogen) atoms. The van der Waals surface area contributed by atoms with Crippen LogP contribution in [0, 0.1) is 11.3 Å². The fraction of sp³-hybridized carbons (Fsp3) is 0.611. The first-order chi connectivity index (χ1) is 9.69. The molecule has 0 aliphatic carbocycles. The third kappa shape index (κ3) is 6.76. The van der Waals surface area contributed by atoms with E-state index < -0.39 is 12.0 Å². The van der Waals surface area contributed by atoms with E-state index in [-0.39, 0.29) is 11.5 Å². The number of carboxylic acid groups (broad SMARTS) is 1. The van der Waals surface area contributed by atoms with Crippen LogP contribution in [0.15, 0.2) is 30.3 Å². The average Bonchev–Trinajstić information content (AvgIpc) is 2.36. The van der Waals surface area contributed by atoms with Crippen LogP contribution in [0.1, 0.15) is 59.1 Å². The van der Waals surface area contributed by atoms with Crippen molar-refractivity contribution in [1.82, 2.24) is 5.32 Å². The molecule has 0 aliphatic rings. The molecule has 2 atom stereocenters. The van der Waals surface area contributed by atoms with Crippen molar-refractivity contribution in [2.24, 2.45) is 11.3 Å². The van der Waals surface area contributed by atoms with Gasteiger partial charge in [0.25, 0.3) is 0 Å². The summed E-state index contributed by atoms with van der Waals surface area (Å²) >= 11 is 0. The summed E-state index contributed by atoms with van der Waals surface area (Å²) < 4.78 is 0. The fourth-order valence-corrected chi connectivity index (χ4v) is 2.53. The van der Waals surface area contributed by atoms with E-state index in [1.54, 1.807) is 0 Å². The van der Waals surface area contributed by atoms with E-state index >= 15 is 0 Å². The number of hydrogen-bond acceptors (Lipinski definition) is 2. The molecule has 0 saturated carbocycles. The van der Waals surface area contributed by atoms with E-state index in [0.29, 0.717) is 12.3 Å². The molecular weight excluding hydrogens is 262 g/mol. The molecule has 0 aliphatic heterocycles. The summed E-state index contributed by atoms with van der Waals surface area (Å²) in [6, 6.07) is 9.69. The Morgan fingerprint density at radius 1 is 1.19 bits per heavy atom. The van der Waals surface area contributed by atoms with Crippen LogP contribution in [0.3, 0.4) is 0 Å². The normalized spacial score (nSPS) is 15.0. The van der Waals surface area contributed by atoms with E-state index in [1.807, 2.05) is 18.2 Å². The predicted molar refractivity (Wildman–Crippen MR) is 87.3 cm³/mol. The Hall–Kier alpha value is -1.35. The first-order valence-electron chi connectivity index (χ1n) is 7.73. The maximum Gasteiger partial charge on any atom is 0.320 e. The van der Waals surface area contributed by atoms with Gasteiger partial charge in [-0.1, -0.05) is 65.0 Å². The van der Waals surface area contributed by atoms with Gasteiger partial charge in [0, 0.05) is 6.04 Å². The van der Waals surface area contributed by atoms with Crippen molar-refractivity contribution in [2.75, 3.05) is 0 Å². The van der Waals surface area contributed by atoms with Crippen molar-refractivity contribution in [3.05, 3.63) is 35.9 Å². The van der Waals surface area contributed by atoms with E-state index in [2.05, 4.69) is 52.1 Å². The van der Waals surface area contributed by atoms with Crippen molar-refractivity contribution in [3.63, 3.8) is 0 Å². The molecule has 3 nitrogen and oxygen atoms in total. The summed E-state index contributed by atoms with van der Waals surface area (Å²) in [4.78, 5) is 11.5. The molecule has 1 aromatic carbocycles. The Labute approximate surface area is 128 Å². The third-order valence-corrected chi connectivity index (χ3v) is 3.43. The lowest BCUT2D eigenvalue weighted by atomic mass is 9.85. The lowest BCUT2D eigenvalue weighted by molar-refractivity contribution is -0.140. The van der Waals surface area contributed by atoms with Gasteiger partial charge in [-0.05, 0) is 29.7 Å². The lowest BCUT2D eigenvalue weighted by Crippen LogP contribution is -2.41. The summed E-state index contributed by atoms with van der Waals surface area (Å²) in [7, 11) is 0. The first-order valence-corrected chi connectivity index (χ1v) is 7.73. The predicted octanol–water partition coefficient (Wildman–Crippen LogP) is 4.25. The molecule has 0 fully saturated rings. The SMILES string of the molecule is CC(C)CC(NC(CC(C)(C)C)c1ccccc1)C(=O)O.